The smallest absolute Gasteiger partial charge is 0.256 e. The summed E-state index contributed by atoms with van der Waals surface area (Å²) in [5.41, 5.74) is 2.14. The Labute approximate surface area is 133 Å². The molecule has 0 atom stereocenters. The van der Waals surface area contributed by atoms with Crippen molar-refractivity contribution in [1.82, 2.24) is 0 Å². The van der Waals surface area contributed by atoms with Crippen molar-refractivity contribution < 1.29 is 9.18 Å². The number of rotatable bonds is 4. The molecule has 2 aromatic carbocycles. The lowest BCUT2D eigenvalue weighted by atomic mass is 10.1. The minimum Gasteiger partial charge on any atom is -0.322 e. The number of amides is 1. The van der Waals surface area contributed by atoms with Crippen molar-refractivity contribution in [2.45, 2.75) is 6.42 Å². The van der Waals surface area contributed by atoms with E-state index < -0.39 is 5.82 Å². The number of halogens is 3. The van der Waals surface area contributed by atoms with Crippen LogP contribution in [-0.4, -0.2) is 11.2 Å². The van der Waals surface area contributed by atoms with Gasteiger partial charge < -0.3 is 5.32 Å². The van der Waals surface area contributed by atoms with E-state index in [1.165, 1.54) is 23.8 Å². The number of carbonyl (C=O) groups is 1. The number of alkyl halides is 1. The van der Waals surface area contributed by atoms with Gasteiger partial charge in [0.05, 0.1) is 5.56 Å². The van der Waals surface area contributed by atoms with E-state index in [-0.39, 0.29) is 11.5 Å². The fourth-order valence-electron chi connectivity index (χ4n) is 1.73. The zero-order valence-electron chi connectivity index (χ0n) is 10.5. The molecule has 0 spiro atoms. The van der Waals surface area contributed by atoms with E-state index in [1.807, 2.05) is 24.3 Å². The second-order valence-corrected chi connectivity index (χ2v) is 5.86. The molecule has 0 aromatic heterocycles. The van der Waals surface area contributed by atoms with Crippen LogP contribution in [0.3, 0.4) is 0 Å². The highest BCUT2D eigenvalue weighted by Gasteiger charge is 2.11. The maximum absolute atomic E-state index is 13.2. The maximum Gasteiger partial charge on any atom is 0.256 e. The molecule has 5 heteroatoms. The molecule has 2 nitrogen and oxygen atoms in total. The average Bonchev–Trinajstić information content (AvgIpc) is 2.44. The van der Waals surface area contributed by atoms with Crippen LogP contribution in [0.25, 0.3) is 0 Å². The van der Waals surface area contributed by atoms with E-state index in [0.717, 1.165) is 11.8 Å². The van der Waals surface area contributed by atoms with Gasteiger partial charge in [-0.1, -0.05) is 28.1 Å². The molecular formula is C15H12Br2FNO. The number of hydrogen-bond donors (Lipinski definition) is 1. The molecule has 0 bridgehead atoms. The highest BCUT2D eigenvalue weighted by molar-refractivity contribution is 9.10. The Balaban J connectivity index is 2.13. The summed E-state index contributed by atoms with van der Waals surface area (Å²) in [6, 6.07) is 11.6. The topological polar surface area (TPSA) is 29.1 Å². The maximum atomic E-state index is 13.2. The minimum absolute atomic E-state index is 0.273. The largest absolute Gasteiger partial charge is 0.322 e. The highest BCUT2D eigenvalue weighted by atomic mass is 79.9. The van der Waals surface area contributed by atoms with Crippen LogP contribution in [0.4, 0.5) is 10.1 Å². The second-order valence-electron chi connectivity index (χ2n) is 4.21. The van der Waals surface area contributed by atoms with E-state index in [4.69, 9.17) is 0 Å². The lowest BCUT2D eigenvalue weighted by Crippen LogP contribution is -2.12. The first kappa shape index (κ1) is 15.2. The third kappa shape index (κ3) is 3.90. The number of benzene rings is 2. The molecule has 1 N–H and O–H groups in total. The molecule has 0 aliphatic carbocycles. The predicted molar refractivity (Wildman–Crippen MR) is 86.0 cm³/mol. The molecule has 104 valence electrons. The molecular weight excluding hydrogens is 389 g/mol. The van der Waals surface area contributed by atoms with Crippen molar-refractivity contribution in [2.24, 2.45) is 0 Å². The molecule has 20 heavy (non-hydrogen) atoms. The number of aryl methyl sites for hydroxylation is 1. The predicted octanol–water partition coefficient (Wildman–Crippen LogP) is 4.78. The number of nitrogens with one attached hydrogen (secondary N) is 1. The Morgan fingerprint density at radius 3 is 2.50 bits per heavy atom. The first-order chi connectivity index (χ1) is 9.60. The van der Waals surface area contributed by atoms with Gasteiger partial charge in [0.1, 0.15) is 5.82 Å². The van der Waals surface area contributed by atoms with Crippen molar-refractivity contribution in [3.63, 3.8) is 0 Å². The van der Waals surface area contributed by atoms with Crippen LogP contribution in [0, 0.1) is 5.82 Å². The fraction of sp³-hybridized carbons (Fsp3) is 0.133. The Kier molecular flexibility index (Phi) is 5.31. The van der Waals surface area contributed by atoms with E-state index in [9.17, 15) is 9.18 Å². The summed E-state index contributed by atoms with van der Waals surface area (Å²) < 4.78 is 13.7. The first-order valence-corrected chi connectivity index (χ1v) is 7.93. The van der Waals surface area contributed by atoms with E-state index in [0.29, 0.717) is 10.2 Å². The summed E-state index contributed by atoms with van der Waals surface area (Å²) in [6.45, 7) is 0. The summed E-state index contributed by atoms with van der Waals surface area (Å²) >= 11 is 6.62. The van der Waals surface area contributed by atoms with E-state index >= 15 is 0 Å². The van der Waals surface area contributed by atoms with Gasteiger partial charge >= 0.3 is 0 Å². The molecule has 0 aliphatic rings. The van der Waals surface area contributed by atoms with E-state index in [1.54, 1.807) is 0 Å². The van der Waals surface area contributed by atoms with Crippen molar-refractivity contribution in [2.75, 3.05) is 10.6 Å². The quantitative estimate of drug-likeness (QED) is 0.735. The van der Waals surface area contributed by atoms with Gasteiger partial charge in [-0.05, 0) is 58.2 Å². The Morgan fingerprint density at radius 1 is 1.15 bits per heavy atom. The lowest BCUT2D eigenvalue weighted by Gasteiger charge is -2.08. The third-order valence-electron chi connectivity index (χ3n) is 2.77. The van der Waals surface area contributed by atoms with Gasteiger partial charge in [0.25, 0.3) is 5.91 Å². The van der Waals surface area contributed by atoms with Crippen molar-refractivity contribution >= 4 is 43.5 Å². The van der Waals surface area contributed by atoms with Crippen LogP contribution in [0.5, 0.6) is 0 Å². The van der Waals surface area contributed by atoms with Gasteiger partial charge in [-0.25, -0.2) is 4.39 Å². The average molecular weight is 401 g/mol. The van der Waals surface area contributed by atoms with Crippen LogP contribution >= 0.6 is 31.9 Å². The Bertz CT molecular complexity index is 614. The molecule has 0 heterocycles. The van der Waals surface area contributed by atoms with Crippen molar-refractivity contribution in [3.8, 4) is 0 Å². The first-order valence-electron chi connectivity index (χ1n) is 6.01. The fourth-order valence-corrected chi connectivity index (χ4v) is 2.62. The van der Waals surface area contributed by atoms with Gasteiger partial charge in [-0.15, -0.1) is 0 Å². The number of carbonyl (C=O) groups excluding carboxylic acids is 1. The lowest BCUT2D eigenvalue weighted by molar-refractivity contribution is 0.102. The van der Waals surface area contributed by atoms with Crippen molar-refractivity contribution in [3.05, 3.63) is 63.9 Å². The molecule has 0 aliphatic heterocycles. The Morgan fingerprint density at radius 2 is 1.85 bits per heavy atom. The van der Waals surface area contributed by atoms with Gasteiger partial charge in [0.15, 0.2) is 0 Å². The third-order valence-corrected chi connectivity index (χ3v) is 3.86. The second kappa shape index (κ2) is 6.99. The minimum atomic E-state index is -0.439. The zero-order valence-corrected chi connectivity index (χ0v) is 13.7. The van der Waals surface area contributed by atoms with Gasteiger partial charge in [-0.2, -0.15) is 0 Å². The highest BCUT2D eigenvalue weighted by Crippen LogP contribution is 2.20. The van der Waals surface area contributed by atoms with Gasteiger partial charge in [-0.3, -0.25) is 4.79 Å². The molecule has 0 saturated heterocycles. The monoisotopic (exact) mass is 399 g/mol. The molecule has 0 unspecified atom stereocenters. The van der Waals surface area contributed by atoms with Gasteiger partial charge in [0, 0.05) is 15.5 Å². The molecule has 0 radical (unpaired) electrons. The normalized spacial score (nSPS) is 10.3. The Hall–Kier alpha value is -1.20. The number of hydrogen-bond acceptors (Lipinski definition) is 1. The summed E-state index contributed by atoms with van der Waals surface area (Å²) in [5.74, 6) is -0.782. The summed E-state index contributed by atoms with van der Waals surface area (Å²) in [4.78, 5) is 12.1. The molecule has 2 aromatic rings. The van der Waals surface area contributed by atoms with E-state index in [2.05, 4.69) is 37.2 Å². The standard InChI is InChI=1S/C15H12Br2FNO/c16-8-7-10-1-4-12(5-2-10)19-15(20)13-9-11(18)3-6-14(13)17/h1-6,9H,7-8H2,(H,19,20). The van der Waals surface area contributed by atoms with Crippen LogP contribution in [0.15, 0.2) is 46.9 Å². The zero-order chi connectivity index (χ0) is 14.5. The van der Waals surface area contributed by atoms with Crippen LogP contribution in [0.2, 0.25) is 0 Å². The molecule has 0 fully saturated rings. The molecule has 1 amide bonds. The summed E-state index contributed by atoms with van der Waals surface area (Å²) in [6.07, 6.45) is 0.934. The molecule has 2 rings (SSSR count). The SMILES string of the molecule is O=C(Nc1ccc(CCBr)cc1)c1cc(F)ccc1Br. The summed E-state index contributed by atoms with van der Waals surface area (Å²) in [7, 11) is 0. The van der Waals surface area contributed by atoms with Crippen LogP contribution < -0.4 is 5.32 Å². The van der Waals surface area contributed by atoms with Crippen LogP contribution in [-0.2, 0) is 6.42 Å². The van der Waals surface area contributed by atoms with Crippen LogP contribution in [0.1, 0.15) is 15.9 Å². The van der Waals surface area contributed by atoms with Gasteiger partial charge in [0.2, 0.25) is 0 Å². The van der Waals surface area contributed by atoms with Crippen molar-refractivity contribution in [1.29, 1.82) is 0 Å². The molecule has 0 saturated carbocycles. The summed E-state index contributed by atoms with van der Waals surface area (Å²) in [5, 5.41) is 3.65. The number of anilines is 1.